The summed E-state index contributed by atoms with van der Waals surface area (Å²) in [5, 5.41) is 0. The van der Waals surface area contributed by atoms with E-state index in [0.717, 1.165) is 30.0 Å². The molecular formula is C28H32N2O2. The normalized spacial score (nSPS) is 14.7. The number of ether oxygens (including phenoxy) is 1. The topological polar surface area (TPSA) is 32.8 Å². The van der Waals surface area contributed by atoms with Crippen LogP contribution < -0.4 is 9.80 Å². The quantitative estimate of drug-likeness (QED) is 0.322. The molecule has 0 amide bonds. The van der Waals surface area contributed by atoms with Gasteiger partial charge in [0.1, 0.15) is 0 Å². The van der Waals surface area contributed by atoms with E-state index in [0.29, 0.717) is 5.56 Å². The Kier molecular flexibility index (Phi) is 7.10. The monoisotopic (exact) mass is 428 g/mol. The van der Waals surface area contributed by atoms with Gasteiger partial charge in [-0.15, -0.1) is 0 Å². The fraction of sp³-hybridized carbons (Fsp3) is 0.321. The lowest BCUT2D eigenvalue weighted by Gasteiger charge is -2.31. The van der Waals surface area contributed by atoms with Crippen molar-refractivity contribution in [3.8, 4) is 0 Å². The van der Waals surface area contributed by atoms with Gasteiger partial charge >= 0.3 is 5.97 Å². The molecule has 166 valence electrons. The summed E-state index contributed by atoms with van der Waals surface area (Å²) in [6, 6.07) is 26.4. The lowest BCUT2D eigenvalue weighted by atomic mass is 10.1. The number of hydrogen-bond donors (Lipinski definition) is 0. The van der Waals surface area contributed by atoms with Crippen LogP contribution >= 0.6 is 0 Å². The molecule has 4 rings (SSSR count). The number of carbonyl (C=O) groups excluding carboxylic acids is 1. The van der Waals surface area contributed by atoms with E-state index in [9.17, 15) is 4.79 Å². The summed E-state index contributed by atoms with van der Waals surface area (Å²) in [4.78, 5) is 17.1. The first-order valence-corrected chi connectivity index (χ1v) is 11.7. The SMILES string of the molecule is CCCCN(CCCC)c1ccc(N(c2ccccc2)C2OC(=O)c3ccccc32)cc1. The molecule has 1 heterocycles. The second-order valence-corrected chi connectivity index (χ2v) is 8.26. The molecule has 0 spiro atoms. The van der Waals surface area contributed by atoms with Crippen LogP contribution in [-0.4, -0.2) is 19.1 Å². The van der Waals surface area contributed by atoms with E-state index in [1.165, 1.54) is 31.4 Å². The molecule has 3 aromatic carbocycles. The third-order valence-corrected chi connectivity index (χ3v) is 5.99. The van der Waals surface area contributed by atoms with Crippen molar-refractivity contribution in [3.63, 3.8) is 0 Å². The van der Waals surface area contributed by atoms with Crippen LogP contribution in [0.15, 0.2) is 78.9 Å². The van der Waals surface area contributed by atoms with Crippen LogP contribution in [0.3, 0.4) is 0 Å². The van der Waals surface area contributed by atoms with Crippen molar-refractivity contribution in [2.45, 2.75) is 45.8 Å². The maximum atomic E-state index is 12.5. The van der Waals surface area contributed by atoms with Gasteiger partial charge < -0.3 is 14.5 Å². The van der Waals surface area contributed by atoms with E-state index in [1.54, 1.807) is 0 Å². The van der Waals surface area contributed by atoms with Gasteiger partial charge in [-0.25, -0.2) is 4.79 Å². The fourth-order valence-corrected chi connectivity index (χ4v) is 4.22. The number of unbranched alkanes of at least 4 members (excludes halogenated alkanes) is 2. The van der Waals surface area contributed by atoms with Crippen molar-refractivity contribution in [1.29, 1.82) is 0 Å². The van der Waals surface area contributed by atoms with Gasteiger partial charge in [-0.1, -0.05) is 63.1 Å². The predicted octanol–water partition coefficient (Wildman–Crippen LogP) is 7.10. The van der Waals surface area contributed by atoms with Gasteiger partial charge in [0, 0.05) is 35.7 Å². The van der Waals surface area contributed by atoms with E-state index in [-0.39, 0.29) is 5.97 Å². The van der Waals surface area contributed by atoms with E-state index in [2.05, 4.69) is 60.0 Å². The second-order valence-electron chi connectivity index (χ2n) is 8.26. The third kappa shape index (κ3) is 4.64. The lowest BCUT2D eigenvalue weighted by Crippen LogP contribution is -2.26. The molecule has 1 unspecified atom stereocenters. The minimum absolute atomic E-state index is 0.270. The summed E-state index contributed by atoms with van der Waals surface area (Å²) in [6.45, 7) is 6.62. The molecule has 0 radical (unpaired) electrons. The average molecular weight is 429 g/mol. The molecule has 4 nitrogen and oxygen atoms in total. The van der Waals surface area contributed by atoms with Gasteiger partial charge in [0.15, 0.2) is 0 Å². The smallest absolute Gasteiger partial charge is 0.340 e. The number of esters is 1. The van der Waals surface area contributed by atoms with Crippen LogP contribution in [-0.2, 0) is 4.74 Å². The molecule has 32 heavy (non-hydrogen) atoms. The Labute approximate surface area is 191 Å². The van der Waals surface area contributed by atoms with Gasteiger partial charge in [0.25, 0.3) is 0 Å². The highest BCUT2D eigenvalue weighted by Gasteiger charge is 2.36. The maximum absolute atomic E-state index is 12.5. The van der Waals surface area contributed by atoms with Gasteiger partial charge in [0.2, 0.25) is 6.23 Å². The first-order valence-electron chi connectivity index (χ1n) is 11.7. The van der Waals surface area contributed by atoms with Crippen molar-refractivity contribution in [2.75, 3.05) is 22.9 Å². The number of nitrogens with zero attached hydrogens (tertiary/aromatic N) is 2. The summed E-state index contributed by atoms with van der Waals surface area (Å²) < 4.78 is 5.86. The van der Waals surface area contributed by atoms with Crippen molar-refractivity contribution >= 4 is 23.0 Å². The zero-order valence-corrected chi connectivity index (χ0v) is 19.0. The van der Waals surface area contributed by atoms with Crippen molar-refractivity contribution in [3.05, 3.63) is 90.0 Å². The van der Waals surface area contributed by atoms with Crippen molar-refractivity contribution in [1.82, 2.24) is 0 Å². The lowest BCUT2D eigenvalue weighted by molar-refractivity contribution is 0.0399. The Morgan fingerprint density at radius 1 is 0.719 bits per heavy atom. The molecule has 3 aromatic rings. The van der Waals surface area contributed by atoms with Gasteiger partial charge in [-0.05, 0) is 55.3 Å². The molecule has 1 aliphatic heterocycles. The van der Waals surface area contributed by atoms with Crippen LogP contribution in [0.2, 0.25) is 0 Å². The largest absolute Gasteiger partial charge is 0.433 e. The van der Waals surface area contributed by atoms with Crippen LogP contribution in [0.25, 0.3) is 0 Å². The number of anilines is 3. The first-order chi connectivity index (χ1) is 15.7. The zero-order chi connectivity index (χ0) is 22.3. The van der Waals surface area contributed by atoms with Crippen molar-refractivity contribution in [2.24, 2.45) is 0 Å². The molecule has 0 aromatic heterocycles. The van der Waals surface area contributed by atoms with E-state index in [4.69, 9.17) is 4.74 Å². The number of para-hydroxylation sites is 1. The molecule has 0 aliphatic carbocycles. The number of benzene rings is 3. The highest BCUT2D eigenvalue weighted by atomic mass is 16.6. The molecule has 0 saturated carbocycles. The summed E-state index contributed by atoms with van der Waals surface area (Å²) >= 11 is 0. The summed E-state index contributed by atoms with van der Waals surface area (Å²) in [6.07, 6.45) is 4.28. The minimum atomic E-state index is -0.483. The van der Waals surface area contributed by atoms with Crippen LogP contribution in [0.1, 0.15) is 61.7 Å². The van der Waals surface area contributed by atoms with Crippen LogP contribution in [0.4, 0.5) is 17.1 Å². The van der Waals surface area contributed by atoms with E-state index < -0.39 is 6.23 Å². The third-order valence-electron chi connectivity index (χ3n) is 5.99. The molecule has 4 heteroatoms. The molecule has 0 bridgehead atoms. The molecule has 0 fully saturated rings. The minimum Gasteiger partial charge on any atom is -0.433 e. The summed E-state index contributed by atoms with van der Waals surface area (Å²) in [5.41, 5.74) is 4.77. The zero-order valence-electron chi connectivity index (χ0n) is 19.0. The predicted molar refractivity (Wildman–Crippen MR) is 132 cm³/mol. The Morgan fingerprint density at radius 2 is 1.28 bits per heavy atom. The molecule has 1 atom stereocenters. The van der Waals surface area contributed by atoms with Crippen LogP contribution in [0, 0.1) is 0 Å². The number of hydrogen-bond acceptors (Lipinski definition) is 4. The summed E-state index contributed by atoms with van der Waals surface area (Å²) in [7, 11) is 0. The fourth-order valence-electron chi connectivity index (χ4n) is 4.22. The van der Waals surface area contributed by atoms with Crippen LogP contribution in [0.5, 0.6) is 0 Å². The molecule has 0 N–H and O–H groups in total. The Morgan fingerprint density at radius 3 is 1.94 bits per heavy atom. The Bertz CT molecular complexity index is 1010. The second kappa shape index (κ2) is 10.4. The number of rotatable bonds is 10. The van der Waals surface area contributed by atoms with Gasteiger partial charge in [-0.3, -0.25) is 0 Å². The highest BCUT2D eigenvalue weighted by Crippen LogP contribution is 2.41. The van der Waals surface area contributed by atoms with Gasteiger partial charge in [0.05, 0.1) is 5.56 Å². The Balaban J connectivity index is 1.68. The highest BCUT2D eigenvalue weighted by molar-refractivity contribution is 5.94. The van der Waals surface area contributed by atoms with E-state index >= 15 is 0 Å². The number of fused-ring (bicyclic) bond motifs is 1. The summed E-state index contributed by atoms with van der Waals surface area (Å²) in [5.74, 6) is -0.270. The van der Waals surface area contributed by atoms with Gasteiger partial charge in [-0.2, -0.15) is 0 Å². The molecule has 0 saturated heterocycles. The Hall–Kier alpha value is -3.27. The molecular weight excluding hydrogens is 396 g/mol. The number of cyclic esters (lactones) is 1. The average Bonchev–Trinajstić information content (AvgIpc) is 3.17. The van der Waals surface area contributed by atoms with Crippen molar-refractivity contribution < 1.29 is 9.53 Å². The maximum Gasteiger partial charge on any atom is 0.340 e. The first kappa shape index (κ1) is 21.9. The standard InChI is InChI=1S/C28H32N2O2/c1-3-5-20-29(21-6-4-2)22-16-18-24(19-17-22)30(23-12-8-7-9-13-23)27-25-14-10-11-15-26(25)28(31)32-27/h7-19,27H,3-6,20-21H2,1-2H3. The van der Waals surface area contributed by atoms with E-state index in [1.807, 2.05) is 42.5 Å². The molecule has 1 aliphatic rings. The number of carbonyl (C=O) groups is 1.